The fraction of sp³-hybridized carbons (Fsp3) is 0.150. The van der Waals surface area contributed by atoms with Crippen LogP contribution in [0.4, 0.5) is 5.69 Å². The van der Waals surface area contributed by atoms with Gasteiger partial charge in [0, 0.05) is 29.8 Å². The number of pyridine rings is 1. The first-order chi connectivity index (χ1) is 12.6. The van der Waals surface area contributed by atoms with Gasteiger partial charge in [0.15, 0.2) is 0 Å². The number of carbonyl (C=O) groups is 2. The average molecular weight is 349 g/mol. The van der Waals surface area contributed by atoms with Crippen LogP contribution in [0.15, 0.2) is 60.8 Å². The number of hydrogen-bond acceptors (Lipinski definition) is 4. The summed E-state index contributed by atoms with van der Waals surface area (Å²) in [6.45, 7) is 2.15. The van der Waals surface area contributed by atoms with E-state index in [2.05, 4.69) is 15.6 Å². The van der Waals surface area contributed by atoms with E-state index in [9.17, 15) is 9.59 Å². The summed E-state index contributed by atoms with van der Waals surface area (Å²) in [6, 6.07) is 16.3. The van der Waals surface area contributed by atoms with Gasteiger partial charge in [-0.2, -0.15) is 0 Å². The standard InChI is InChI=1S/C20H19N3O3/c1-14(24)23-17-9-7-16(8-10-17)20(25)22-12-13-26-18-6-2-4-15-5-3-11-21-19(15)18/h2-11H,12-13H2,1H3,(H,22,25)(H,23,24). The molecule has 2 aromatic carbocycles. The molecule has 26 heavy (non-hydrogen) atoms. The van der Waals surface area contributed by atoms with Gasteiger partial charge >= 0.3 is 0 Å². The highest BCUT2D eigenvalue weighted by Gasteiger charge is 2.06. The van der Waals surface area contributed by atoms with Gasteiger partial charge in [-0.1, -0.05) is 18.2 Å². The van der Waals surface area contributed by atoms with E-state index in [0.29, 0.717) is 30.2 Å². The monoisotopic (exact) mass is 349 g/mol. The van der Waals surface area contributed by atoms with Gasteiger partial charge < -0.3 is 15.4 Å². The third-order valence-electron chi connectivity index (χ3n) is 3.71. The topological polar surface area (TPSA) is 80.3 Å². The van der Waals surface area contributed by atoms with Gasteiger partial charge in [0.05, 0.1) is 6.54 Å². The van der Waals surface area contributed by atoms with Crippen LogP contribution in [0, 0.1) is 0 Å². The van der Waals surface area contributed by atoms with Crippen molar-refractivity contribution in [2.75, 3.05) is 18.5 Å². The van der Waals surface area contributed by atoms with Gasteiger partial charge in [0.2, 0.25) is 5.91 Å². The minimum absolute atomic E-state index is 0.151. The van der Waals surface area contributed by atoms with Gasteiger partial charge in [-0.25, -0.2) is 0 Å². The molecule has 2 amide bonds. The zero-order valence-corrected chi connectivity index (χ0v) is 14.4. The molecule has 0 spiro atoms. The number of rotatable bonds is 6. The van der Waals surface area contributed by atoms with Gasteiger partial charge in [-0.05, 0) is 36.4 Å². The number of hydrogen-bond donors (Lipinski definition) is 2. The average Bonchev–Trinajstić information content (AvgIpc) is 2.65. The van der Waals surface area contributed by atoms with Crippen molar-refractivity contribution in [2.24, 2.45) is 0 Å². The molecule has 0 saturated heterocycles. The zero-order chi connectivity index (χ0) is 18.4. The molecule has 0 atom stereocenters. The zero-order valence-electron chi connectivity index (χ0n) is 14.4. The molecule has 1 heterocycles. The Hall–Kier alpha value is -3.41. The van der Waals surface area contributed by atoms with Crippen LogP contribution in [0.25, 0.3) is 10.9 Å². The maximum absolute atomic E-state index is 12.1. The molecule has 0 unspecified atom stereocenters. The van der Waals surface area contributed by atoms with Crippen molar-refractivity contribution in [2.45, 2.75) is 6.92 Å². The van der Waals surface area contributed by atoms with E-state index in [1.165, 1.54) is 6.92 Å². The number of anilines is 1. The molecule has 3 aromatic rings. The molecule has 132 valence electrons. The number of amides is 2. The van der Waals surface area contributed by atoms with Crippen LogP contribution in [-0.4, -0.2) is 29.9 Å². The Bertz CT molecular complexity index is 918. The summed E-state index contributed by atoms with van der Waals surface area (Å²) in [5.74, 6) is 0.346. The molecule has 0 aliphatic heterocycles. The predicted molar refractivity (Wildman–Crippen MR) is 100 cm³/mol. The highest BCUT2D eigenvalue weighted by atomic mass is 16.5. The Morgan fingerprint density at radius 3 is 2.58 bits per heavy atom. The van der Waals surface area contributed by atoms with E-state index >= 15 is 0 Å². The van der Waals surface area contributed by atoms with E-state index in [1.54, 1.807) is 30.5 Å². The lowest BCUT2D eigenvalue weighted by molar-refractivity contribution is -0.114. The van der Waals surface area contributed by atoms with Crippen LogP contribution in [0.3, 0.4) is 0 Å². The summed E-state index contributed by atoms with van der Waals surface area (Å²) in [5, 5.41) is 6.47. The number of carbonyl (C=O) groups excluding carboxylic acids is 2. The summed E-state index contributed by atoms with van der Waals surface area (Å²) < 4.78 is 5.74. The Morgan fingerprint density at radius 2 is 1.81 bits per heavy atom. The largest absolute Gasteiger partial charge is 0.489 e. The van der Waals surface area contributed by atoms with Crippen LogP contribution in [0.2, 0.25) is 0 Å². The molecule has 0 aliphatic carbocycles. The molecule has 0 bridgehead atoms. The number of nitrogens with one attached hydrogen (secondary N) is 2. The molecule has 0 fully saturated rings. The maximum atomic E-state index is 12.1. The van der Waals surface area contributed by atoms with Crippen molar-refractivity contribution in [3.8, 4) is 5.75 Å². The van der Waals surface area contributed by atoms with Crippen LogP contribution in [-0.2, 0) is 4.79 Å². The second-order valence-corrected chi connectivity index (χ2v) is 5.69. The molecule has 2 N–H and O–H groups in total. The second kappa shape index (κ2) is 8.11. The van der Waals surface area contributed by atoms with Crippen LogP contribution >= 0.6 is 0 Å². The van der Waals surface area contributed by atoms with Gasteiger partial charge in [-0.15, -0.1) is 0 Å². The normalized spacial score (nSPS) is 10.3. The Balaban J connectivity index is 1.51. The summed E-state index contributed by atoms with van der Waals surface area (Å²) in [5.41, 5.74) is 1.97. The SMILES string of the molecule is CC(=O)Nc1ccc(C(=O)NCCOc2cccc3cccnc23)cc1. The van der Waals surface area contributed by atoms with E-state index in [0.717, 1.165) is 10.9 Å². The predicted octanol–water partition coefficient (Wildman–Crippen LogP) is 3.00. The molecule has 6 nitrogen and oxygen atoms in total. The van der Waals surface area contributed by atoms with Crippen LogP contribution in [0.5, 0.6) is 5.75 Å². The number of benzene rings is 2. The second-order valence-electron chi connectivity index (χ2n) is 5.69. The highest BCUT2D eigenvalue weighted by molar-refractivity contribution is 5.95. The van der Waals surface area contributed by atoms with Gasteiger partial charge in [0.25, 0.3) is 5.91 Å². The molecule has 6 heteroatoms. The summed E-state index contributed by atoms with van der Waals surface area (Å²) in [7, 11) is 0. The molecule has 0 radical (unpaired) electrons. The molecular formula is C20H19N3O3. The van der Waals surface area contributed by atoms with Gasteiger partial charge in [-0.3, -0.25) is 14.6 Å². The number of nitrogens with zero attached hydrogens (tertiary/aromatic N) is 1. The first kappa shape index (κ1) is 17.4. The summed E-state index contributed by atoms with van der Waals surface area (Å²) >= 11 is 0. The van der Waals surface area contributed by atoms with Crippen LogP contribution in [0.1, 0.15) is 17.3 Å². The Kier molecular flexibility index (Phi) is 5.43. The summed E-state index contributed by atoms with van der Waals surface area (Å²) in [4.78, 5) is 27.5. The number of ether oxygens (including phenoxy) is 1. The van der Waals surface area contributed by atoms with Crippen molar-refractivity contribution in [3.63, 3.8) is 0 Å². The third-order valence-corrected chi connectivity index (χ3v) is 3.71. The van der Waals surface area contributed by atoms with Gasteiger partial charge in [0.1, 0.15) is 17.9 Å². The van der Waals surface area contributed by atoms with Crippen molar-refractivity contribution in [3.05, 3.63) is 66.4 Å². The smallest absolute Gasteiger partial charge is 0.251 e. The minimum Gasteiger partial charge on any atom is -0.489 e. The summed E-state index contributed by atoms with van der Waals surface area (Å²) in [6.07, 6.45) is 1.72. The lowest BCUT2D eigenvalue weighted by Crippen LogP contribution is -2.28. The van der Waals surface area contributed by atoms with Crippen molar-refractivity contribution < 1.29 is 14.3 Å². The quantitative estimate of drug-likeness (QED) is 0.671. The molecule has 3 rings (SSSR count). The molecule has 1 aromatic heterocycles. The fourth-order valence-corrected chi connectivity index (χ4v) is 2.53. The number of fused-ring (bicyclic) bond motifs is 1. The van der Waals surface area contributed by atoms with Crippen molar-refractivity contribution in [1.82, 2.24) is 10.3 Å². The fourth-order valence-electron chi connectivity index (χ4n) is 2.53. The van der Waals surface area contributed by atoms with Crippen LogP contribution < -0.4 is 15.4 Å². The van der Waals surface area contributed by atoms with Crippen molar-refractivity contribution in [1.29, 1.82) is 0 Å². The van der Waals surface area contributed by atoms with E-state index in [4.69, 9.17) is 4.74 Å². The third kappa shape index (κ3) is 4.36. The van der Waals surface area contributed by atoms with E-state index in [1.807, 2.05) is 30.3 Å². The lowest BCUT2D eigenvalue weighted by Gasteiger charge is -2.10. The Labute approximate surface area is 151 Å². The molecule has 0 saturated carbocycles. The molecular weight excluding hydrogens is 330 g/mol. The van der Waals surface area contributed by atoms with E-state index in [-0.39, 0.29) is 11.8 Å². The first-order valence-electron chi connectivity index (χ1n) is 8.26. The lowest BCUT2D eigenvalue weighted by atomic mass is 10.2. The first-order valence-corrected chi connectivity index (χ1v) is 8.26. The highest BCUT2D eigenvalue weighted by Crippen LogP contribution is 2.22. The Morgan fingerprint density at radius 1 is 1.04 bits per heavy atom. The number of para-hydroxylation sites is 1. The van der Waals surface area contributed by atoms with E-state index < -0.39 is 0 Å². The maximum Gasteiger partial charge on any atom is 0.251 e. The van der Waals surface area contributed by atoms with Crippen molar-refractivity contribution >= 4 is 28.4 Å². The minimum atomic E-state index is -0.195. The molecule has 0 aliphatic rings. The number of aromatic nitrogens is 1.